The molecule has 2 rings (SSSR count). The van der Waals surface area contributed by atoms with Crippen LogP contribution in [0.15, 0.2) is 49.1 Å². The van der Waals surface area contributed by atoms with E-state index in [0.29, 0.717) is 23.9 Å². The average molecular weight is 328 g/mol. The van der Waals surface area contributed by atoms with Crippen LogP contribution in [0.4, 0.5) is 0 Å². The van der Waals surface area contributed by atoms with Gasteiger partial charge in [-0.2, -0.15) is 0 Å². The van der Waals surface area contributed by atoms with Gasteiger partial charge in [-0.25, -0.2) is 0 Å². The molecule has 1 atom stereocenters. The molecular weight excluding hydrogens is 304 g/mol. The lowest BCUT2D eigenvalue weighted by atomic mass is 9.91. The van der Waals surface area contributed by atoms with Crippen molar-refractivity contribution in [1.29, 1.82) is 0 Å². The van der Waals surface area contributed by atoms with Gasteiger partial charge in [0.2, 0.25) is 5.75 Å². The van der Waals surface area contributed by atoms with Crippen molar-refractivity contribution in [3.8, 4) is 17.2 Å². The second-order valence-electron chi connectivity index (χ2n) is 5.45. The molecule has 0 bridgehead atoms. The Morgan fingerprint density at radius 2 is 1.62 bits per heavy atom. The van der Waals surface area contributed by atoms with Crippen molar-refractivity contribution < 1.29 is 19.3 Å². The van der Waals surface area contributed by atoms with E-state index >= 15 is 0 Å². The molecule has 0 heterocycles. The predicted molar refractivity (Wildman–Crippen MR) is 94.9 cm³/mol. The largest absolute Gasteiger partial charge is 0.493 e. The van der Waals surface area contributed by atoms with Crippen molar-refractivity contribution in [2.75, 3.05) is 14.2 Å². The van der Waals surface area contributed by atoms with Gasteiger partial charge < -0.3 is 19.3 Å². The quantitative estimate of drug-likeness (QED) is 0.742. The summed E-state index contributed by atoms with van der Waals surface area (Å²) in [6.07, 6.45) is 1.86. The van der Waals surface area contributed by atoms with Gasteiger partial charge in [-0.15, -0.1) is 6.58 Å². The Hall–Kier alpha value is -2.46. The van der Waals surface area contributed by atoms with E-state index in [9.17, 15) is 5.11 Å². The maximum Gasteiger partial charge on any atom is 0.203 e. The minimum atomic E-state index is -0.0146. The second-order valence-corrected chi connectivity index (χ2v) is 5.45. The number of aliphatic hydroxyl groups is 1. The number of rotatable bonds is 8. The Labute approximate surface area is 143 Å². The van der Waals surface area contributed by atoms with Gasteiger partial charge in [0.25, 0.3) is 0 Å². The predicted octanol–water partition coefficient (Wildman–Crippen LogP) is 4.06. The highest BCUT2D eigenvalue weighted by Gasteiger charge is 2.16. The number of hydrogen-bond acceptors (Lipinski definition) is 4. The van der Waals surface area contributed by atoms with Crippen LogP contribution in [0, 0.1) is 0 Å². The monoisotopic (exact) mass is 328 g/mol. The van der Waals surface area contributed by atoms with E-state index in [0.717, 1.165) is 16.7 Å². The summed E-state index contributed by atoms with van der Waals surface area (Å²) in [5, 5.41) is 9.62. The van der Waals surface area contributed by atoms with Crippen LogP contribution in [0.25, 0.3) is 0 Å². The molecule has 0 radical (unpaired) electrons. The number of methoxy groups -OCH3 is 2. The van der Waals surface area contributed by atoms with Crippen molar-refractivity contribution in [3.05, 3.63) is 65.7 Å². The zero-order valence-electron chi connectivity index (χ0n) is 14.4. The SMILES string of the molecule is C=CC(C)c1c(CO)cccc1COc1c(OC)cccc1OC. The fourth-order valence-electron chi connectivity index (χ4n) is 2.74. The number of ether oxygens (including phenoxy) is 3. The van der Waals surface area contributed by atoms with E-state index in [-0.39, 0.29) is 12.5 Å². The molecule has 128 valence electrons. The zero-order chi connectivity index (χ0) is 17.5. The first-order valence-corrected chi connectivity index (χ1v) is 7.84. The van der Waals surface area contributed by atoms with Gasteiger partial charge in [0.15, 0.2) is 11.5 Å². The molecule has 0 fully saturated rings. The van der Waals surface area contributed by atoms with Crippen molar-refractivity contribution in [1.82, 2.24) is 0 Å². The third-order valence-corrected chi connectivity index (χ3v) is 4.02. The lowest BCUT2D eigenvalue weighted by molar-refractivity contribution is 0.262. The number of aliphatic hydroxyl groups excluding tert-OH is 1. The van der Waals surface area contributed by atoms with Gasteiger partial charge in [0.1, 0.15) is 6.61 Å². The molecule has 0 aliphatic rings. The lowest BCUT2D eigenvalue weighted by Gasteiger charge is -2.19. The molecule has 0 saturated heterocycles. The van der Waals surface area contributed by atoms with Gasteiger partial charge >= 0.3 is 0 Å². The second kappa shape index (κ2) is 8.41. The molecule has 0 aromatic heterocycles. The van der Waals surface area contributed by atoms with E-state index in [4.69, 9.17) is 14.2 Å². The zero-order valence-corrected chi connectivity index (χ0v) is 14.4. The molecule has 0 aliphatic heterocycles. The lowest BCUT2D eigenvalue weighted by Crippen LogP contribution is -2.07. The molecule has 1 unspecified atom stereocenters. The summed E-state index contributed by atoms with van der Waals surface area (Å²) in [6, 6.07) is 11.3. The van der Waals surface area contributed by atoms with Crippen LogP contribution in [0.1, 0.15) is 29.5 Å². The van der Waals surface area contributed by atoms with Crippen LogP contribution in [-0.2, 0) is 13.2 Å². The Kier molecular flexibility index (Phi) is 6.27. The molecule has 4 nitrogen and oxygen atoms in total. The van der Waals surface area contributed by atoms with E-state index in [1.807, 2.05) is 42.5 Å². The van der Waals surface area contributed by atoms with E-state index < -0.39 is 0 Å². The Morgan fingerprint density at radius 1 is 1.04 bits per heavy atom. The van der Waals surface area contributed by atoms with Gasteiger partial charge in [-0.3, -0.25) is 0 Å². The smallest absolute Gasteiger partial charge is 0.203 e. The van der Waals surface area contributed by atoms with Crippen molar-refractivity contribution in [2.24, 2.45) is 0 Å². The minimum Gasteiger partial charge on any atom is -0.493 e. The standard InChI is InChI=1S/C20H24O4/c1-5-14(2)19-15(12-21)8-6-9-16(19)13-24-20-17(22-3)10-7-11-18(20)23-4/h5-11,14,21H,1,12-13H2,2-4H3. The van der Waals surface area contributed by atoms with Gasteiger partial charge in [0, 0.05) is 0 Å². The summed E-state index contributed by atoms with van der Waals surface area (Å²) in [4.78, 5) is 0. The molecule has 1 N–H and O–H groups in total. The molecule has 4 heteroatoms. The van der Waals surface area contributed by atoms with Crippen LogP contribution >= 0.6 is 0 Å². The molecule has 2 aromatic rings. The van der Waals surface area contributed by atoms with E-state index in [1.54, 1.807) is 14.2 Å². The summed E-state index contributed by atoms with van der Waals surface area (Å²) in [5.74, 6) is 1.91. The van der Waals surface area contributed by atoms with Crippen LogP contribution in [0.2, 0.25) is 0 Å². The maximum atomic E-state index is 9.62. The molecular formula is C20H24O4. The number of hydrogen-bond donors (Lipinski definition) is 1. The van der Waals surface area contributed by atoms with Crippen LogP contribution in [-0.4, -0.2) is 19.3 Å². The van der Waals surface area contributed by atoms with Crippen LogP contribution in [0.3, 0.4) is 0 Å². The van der Waals surface area contributed by atoms with E-state index in [1.165, 1.54) is 0 Å². The summed E-state index contributed by atoms with van der Waals surface area (Å²) in [6.45, 7) is 6.25. The topological polar surface area (TPSA) is 47.9 Å². The summed E-state index contributed by atoms with van der Waals surface area (Å²) in [5.41, 5.74) is 2.93. The molecule has 0 amide bonds. The highest BCUT2D eigenvalue weighted by atomic mass is 16.5. The van der Waals surface area contributed by atoms with Gasteiger partial charge in [-0.05, 0) is 34.7 Å². The van der Waals surface area contributed by atoms with Crippen molar-refractivity contribution >= 4 is 0 Å². The fourth-order valence-corrected chi connectivity index (χ4v) is 2.74. The number of benzene rings is 2. The molecule has 0 saturated carbocycles. The molecule has 2 aromatic carbocycles. The number of allylic oxidation sites excluding steroid dienone is 1. The minimum absolute atomic E-state index is 0.0146. The molecule has 0 spiro atoms. The first kappa shape index (κ1) is 17.9. The third kappa shape index (κ3) is 3.71. The summed E-state index contributed by atoms with van der Waals surface area (Å²) < 4.78 is 16.7. The van der Waals surface area contributed by atoms with Gasteiger partial charge in [0.05, 0.1) is 20.8 Å². The van der Waals surface area contributed by atoms with Gasteiger partial charge in [-0.1, -0.05) is 37.3 Å². The molecule has 0 aliphatic carbocycles. The number of para-hydroxylation sites is 1. The highest BCUT2D eigenvalue weighted by Crippen LogP contribution is 2.38. The Balaban J connectivity index is 2.35. The third-order valence-electron chi connectivity index (χ3n) is 4.02. The normalized spacial score (nSPS) is 11.7. The van der Waals surface area contributed by atoms with Crippen LogP contribution in [0.5, 0.6) is 17.2 Å². The summed E-state index contributed by atoms with van der Waals surface area (Å²) >= 11 is 0. The van der Waals surface area contributed by atoms with Crippen molar-refractivity contribution in [3.63, 3.8) is 0 Å². The summed E-state index contributed by atoms with van der Waals surface area (Å²) in [7, 11) is 3.19. The fraction of sp³-hybridized carbons (Fsp3) is 0.300. The first-order chi connectivity index (χ1) is 11.7. The molecule has 24 heavy (non-hydrogen) atoms. The maximum absolute atomic E-state index is 9.62. The Bertz CT molecular complexity index is 672. The highest BCUT2D eigenvalue weighted by molar-refractivity contribution is 5.51. The average Bonchev–Trinajstić information content (AvgIpc) is 2.64. The van der Waals surface area contributed by atoms with E-state index in [2.05, 4.69) is 13.5 Å². The van der Waals surface area contributed by atoms with Crippen LogP contribution < -0.4 is 14.2 Å². The first-order valence-electron chi connectivity index (χ1n) is 7.84. The van der Waals surface area contributed by atoms with Crippen molar-refractivity contribution in [2.45, 2.75) is 26.1 Å². The Morgan fingerprint density at radius 3 is 2.17 bits per heavy atom.